The molecule has 0 bridgehead atoms. The van der Waals surface area contributed by atoms with Crippen LogP contribution in [0, 0.1) is 0 Å². The molecule has 0 aromatic carbocycles. The van der Waals surface area contributed by atoms with E-state index < -0.39 is 25.2 Å². The summed E-state index contributed by atoms with van der Waals surface area (Å²) in [6, 6.07) is -0.694. The Bertz CT molecular complexity index is 628. The molecule has 2 saturated heterocycles. The van der Waals surface area contributed by atoms with Gasteiger partial charge in [-0.1, -0.05) is 0 Å². The maximum atomic E-state index is 12.4. The zero-order chi connectivity index (χ0) is 15.9. The minimum atomic E-state index is -3.10. The smallest absolute Gasteiger partial charge is 0.318 e. The van der Waals surface area contributed by atoms with E-state index >= 15 is 0 Å². The number of nitrogens with zero attached hydrogens (tertiary/aromatic N) is 1. The fourth-order valence-electron chi connectivity index (χ4n) is 3.03. The summed E-state index contributed by atoms with van der Waals surface area (Å²) < 4.78 is 46.2. The van der Waals surface area contributed by atoms with Crippen molar-refractivity contribution in [3.8, 4) is 0 Å². The minimum absolute atomic E-state index is 0.0106. The normalized spacial score (nSPS) is 33.7. The van der Waals surface area contributed by atoms with Crippen LogP contribution in [0.15, 0.2) is 0 Å². The van der Waals surface area contributed by atoms with Crippen LogP contribution in [0.3, 0.4) is 0 Å². The van der Waals surface area contributed by atoms with Crippen molar-refractivity contribution in [2.24, 2.45) is 0 Å². The average Bonchev–Trinajstić information content (AvgIpc) is 2.80. The van der Waals surface area contributed by atoms with Crippen molar-refractivity contribution in [1.82, 2.24) is 10.2 Å². The van der Waals surface area contributed by atoms with E-state index in [1.165, 1.54) is 4.90 Å². The molecule has 7 nitrogen and oxygen atoms in total. The number of carbonyl (C=O) groups is 1. The van der Waals surface area contributed by atoms with Crippen molar-refractivity contribution in [3.05, 3.63) is 0 Å². The third kappa shape index (κ3) is 3.88. The first-order chi connectivity index (χ1) is 9.56. The van der Waals surface area contributed by atoms with Crippen molar-refractivity contribution in [1.29, 1.82) is 0 Å². The van der Waals surface area contributed by atoms with Crippen molar-refractivity contribution in [2.75, 3.05) is 29.6 Å². The molecule has 122 valence electrons. The van der Waals surface area contributed by atoms with E-state index in [4.69, 9.17) is 0 Å². The Kier molecular flexibility index (Phi) is 4.27. The van der Waals surface area contributed by atoms with Crippen molar-refractivity contribution < 1.29 is 21.6 Å². The summed E-state index contributed by atoms with van der Waals surface area (Å²) >= 11 is 0. The summed E-state index contributed by atoms with van der Waals surface area (Å²) in [7, 11) is -6.16. The zero-order valence-electron chi connectivity index (χ0n) is 12.3. The van der Waals surface area contributed by atoms with Gasteiger partial charge in [-0.05, 0) is 26.7 Å². The highest BCUT2D eigenvalue weighted by Gasteiger charge is 2.41. The summed E-state index contributed by atoms with van der Waals surface area (Å²) in [5.41, 5.74) is -0.763. The SMILES string of the molecule is CCN(C(=O)NC1(C)CCS(=O)(=O)C1)C1CCS(=O)(=O)C1. The molecule has 2 aliphatic rings. The van der Waals surface area contributed by atoms with Crippen LogP contribution < -0.4 is 5.32 Å². The number of urea groups is 1. The van der Waals surface area contributed by atoms with Gasteiger partial charge in [-0.2, -0.15) is 0 Å². The summed E-state index contributed by atoms with van der Waals surface area (Å²) in [5, 5.41) is 2.78. The summed E-state index contributed by atoms with van der Waals surface area (Å²) in [6.45, 7) is 3.90. The Morgan fingerprint density at radius 2 is 1.90 bits per heavy atom. The molecule has 2 heterocycles. The summed E-state index contributed by atoms with van der Waals surface area (Å²) in [5.74, 6) is 0.107. The standard InChI is InChI=1S/C12H22N2O5S2/c1-3-14(10-4-6-20(16,17)8-10)11(15)13-12(2)5-7-21(18,19)9-12/h10H,3-9H2,1-2H3,(H,13,15). The van der Waals surface area contributed by atoms with Gasteiger partial charge in [-0.25, -0.2) is 21.6 Å². The number of amides is 2. The molecule has 0 saturated carbocycles. The highest BCUT2D eigenvalue weighted by molar-refractivity contribution is 7.92. The van der Waals surface area contributed by atoms with Gasteiger partial charge in [-0.15, -0.1) is 0 Å². The molecule has 0 aromatic heterocycles. The Hall–Kier alpha value is -0.830. The second-order valence-corrected chi connectivity index (χ2v) is 10.6. The van der Waals surface area contributed by atoms with Crippen LogP contribution in [0.5, 0.6) is 0 Å². The lowest BCUT2D eigenvalue weighted by Gasteiger charge is -2.32. The quantitative estimate of drug-likeness (QED) is 0.767. The van der Waals surface area contributed by atoms with E-state index in [2.05, 4.69) is 5.32 Å². The van der Waals surface area contributed by atoms with Crippen LogP contribution in [0.1, 0.15) is 26.7 Å². The number of carbonyl (C=O) groups excluding carboxylic acids is 1. The van der Waals surface area contributed by atoms with Gasteiger partial charge in [0, 0.05) is 12.6 Å². The van der Waals surface area contributed by atoms with Gasteiger partial charge in [0.25, 0.3) is 0 Å². The molecule has 0 radical (unpaired) electrons. The van der Waals surface area contributed by atoms with Gasteiger partial charge in [-0.3, -0.25) is 0 Å². The fraction of sp³-hybridized carbons (Fsp3) is 0.917. The van der Waals surface area contributed by atoms with Crippen LogP contribution in [-0.4, -0.2) is 68.9 Å². The van der Waals surface area contributed by atoms with E-state index in [9.17, 15) is 21.6 Å². The first kappa shape index (κ1) is 16.5. The van der Waals surface area contributed by atoms with E-state index in [-0.39, 0.29) is 35.1 Å². The van der Waals surface area contributed by atoms with Gasteiger partial charge < -0.3 is 10.2 Å². The van der Waals surface area contributed by atoms with Gasteiger partial charge in [0.1, 0.15) is 0 Å². The zero-order valence-corrected chi connectivity index (χ0v) is 14.0. The molecular formula is C12H22N2O5S2. The van der Waals surface area contributed by atoms with E-state index in [0.717, 1.165) is 0 Å². The molecule has 2 amide bonds. The molecule has 2 atom stereocenters. The minimum Gasteiger partial charge on any atom is -0.332 e. The summed E-state index contributed by atoms with van der Waals surface area (Å²) in [6.07, 6.45) is 0.834. The second kappa shape index (κ2) is 5.42. The number of sulfone groups is 2. The Morgan fingerprint density at radius 3 is 2.33 bits per heavy atom. The van der Waals surface area contributed by atoms with Gasteiger partial charge >= 0.3 is 6.03 Å². The molecule has 0 spiro atoms. The van der Waals surface area contributed by atoms with Crippen molar-refractivity contribution >= 4 is 25.7 Å². The highest BCUT2D eigenvalue weighted by atomic mass is 32.2. The molecule has 9 heteroatoms. The number of rotatable bonds is 3. The largest absolute Gasteiger partial charge is 0.332 e. The Morgan fingerprint density at radius 1 is 1.24 bits per heavy atom. The lowest BCUT2D eigenvalue weighted by Crippen LogP contribution is -2.55. The Labute approximate surface area is 125 Å². The fourth-order valence-corrected chi connectivity index (χ4v) is 6.85. The molecule has 0 aliphatic carbocycles. The maximum Gasteiger partial charge on any atom is 0.318 e. The molecule has 2 fully saturated rings. The molecule has 2 aliphatic heterocycles. The molecule has 0 aromatic rings. The van der Waals surface area contributed by atoms with E-state index in [1.54, 1.807) is 13.8 Å². The number of hydrogen-bond donors (Lipinski definition) is 1. The van der Waals surface area contributed by atoms with E-state index in [1.807, 2.05) is 0 Å². The summed E-state index contributed by atoms with van der Waals surface area (Å²) in [4.78, 5) is 13.9. The number of hydrogen-bond acceptors (Lipinski definition) is 5. The van der Waals surface area contributed by atoms with Crippen LogP contribution in [0.2, 0.25) is 0 Å². The molecule has 1 N–H and O–H groups in total. The van der Waals surface area contributed by atoms with Gasteiger partial charge in [0.15, 0.2) is 19.7 Å². The van der Waals surface area contributed by atoms with Crippen LogP contribution in [0.4, 0.5) is 4.79 Å². The van der Waals surface area contributed by atoms with Crippen molar-refractivity contribution in [2.45, 2.75) is 38.3 Å². The molecule has 21 heavy (non-hydrogen) atoms. The Balaban J connectivity index is 2.05. The number of nitrogens with one attached hydrogen (secondary N) is 1. The monoisotopic (exact) mass is 338 g/mol. The van der Waals surface area contributed by atoms with Crippen molar-refractivity contribution in [3.63, 3.8) is 0 Å². The lowest BCUT2D eigenvalue weighted by atomic mass is 10.0. The van der Waals surface area contributed by atoms with Crippen LogP contribution >= 0.6 is 0 Å². The first-order valence-electron chi connectivity index (χ1n) is 7.05. The highest BCUT2D eigenvalue weighted by Crippen LogP contribution is 2.24. The lowest BCUT2D eigenvalue weighted by molar-refractivity contribution is 0.174. The molecule has 2 unspecified atom stereocenters. The second-order valence-electron chi connectivity index (χ2n) is 6.18. The van der Waals surface area contributed by atoms with Gasteiger partial charge in [0.2, 0.25) is 0 Å². The molecular weight excluding hydrogens is 316 g/mol. The predicted octanol–water partition coefficient (Wildman–Crippen LogP) is -0.218. The average molecular weight is 338 g/mol. The van der Waals surface area contributed by atoms with Crippen LogP contribution in [0.25, 0.3) is 0 Å². The van der Waals surface area contributed by atoms with Gasteiger partial charge in [0.05, 0.1) is 28.6 Å². The third-order valence-electron chi connectivity index (χ3n) is 4.16. The van der Waals surface area contributed by atoms with Crippen LogP contribution in [-0.2, 0) is 19.7 Å². The maximum absolute atomic E-state index is 12.4. The predicted molar refractivity (Wildman–Crippen MR) is 79.6 cm³/mol. The first-order valence-corrected chi connectivity index (χ1v) is 10.7. The van der Waals surface area contributed by atoms with E-state index in [0.29, 0.717) is 19.4 Å². The molecule has 2 rings (SSSR count). The topological polar surface area (TPSA) is 101 Å². The third-order valence-corrected chi connectivity index (χ3v) is 7.82.